The molecule has 0 saturated heterocycles. The first-order valence-electron chi connectivity index (χ1n) is 4.74. The largest absolute Gasteiger partial charge is 0.481 e. The number of carboxylic acid groups (broad SMARTS) is 1. The first-order valence-corrected chi connectivity index (χ1v) is 4.74. The molecule has 0 amide bonds. The van der Waals surface area contributed by atoms with Crippen LogP contribution in [0.4, 0.5) is 13.2 Å². The van der Waals surface area contributed by atoms with E-state index in [0.717, 1.165) is 6.07 Å². The van der Waals surface area contributed by atoms with Gasteiger partial charge in [-0.2, -0.15) is 0 Å². The summed E-state index contributed by atoms with van der Waals surface area (Å²) >= 11 is 0. The van der Waals surface area contributed by atoms with Gasteiger partial charge in [0.2, 0.25) is 6.43 Å². The Hall–Kier alpha value is -1.52. The number of hydrogen-bond donors (Lipinski definition) is 1. The minimum atomic E-state index is -2.67. The number of aliphatic carboxylic acids is 1. The van der Waals surface area contributed by atoms with Crippen molar-refractivity contribution >= 4 is 5.97 Å². The van der Waals surface area contributed by atoms with Gasteiger partial charge in [-0.3, -0.25) is 4.79 Å². The van der Waals surface area contributed by atoms with E-state index < -0.39 is 30.6 Å². The summed E-state index contributed by atoms with van der Waals surface area (Å²) in [5.41, 5.74) is 0.410. The Morgan fingerprint density at radius 2 is 2.06 bits per heavy atom. The molecule has 0 spiro atoms. The van der Waals surface area contributed by atoms with Gasteiger partial charge in [0.15, 0.2) is 0 Å². The molecule has 1 atom stereocenters. The van der Waals surface area contributed by atoms with E-state index in [4.69, 9.17) is 5.11 Å². The van der Waals surface area contributed by atoms with Crippen LogP contribution in [-0.2, 0) is 11.2 Å². The van der Waals surface area contributed by atoms with Crippen molar-refractivity contribution in [3.63, 3.8) is 0 Å². The van der Waals surface area contributed by atoms with Crippen molar-refractivity contribution < 1.29 is 23.1 Å². The molecule has 0 aliphatic carbocycles. The molecule has 1 N–H and O–H groups in total. The summed E-state index contributed by atoms with van der Waals surface area (Å²) in [7, 11) is 0. The maximum atomic E-state index is 12.8. The van der Waals surface area contributed by atoms with Crippen molar-refractivity contribution in [3.8, 4) is 0 Å². The van der Waals surface area contributed by atoms with E-state index in [-0.39, 0.29) is 6.42 Å². The molecule has 1 unspecified atom stereocenters. The summed E-state index contributed by atoms with van der Waals surface area (Å²) in [4.78, 5) is 10.7. The van der Waals surface area contributed by atoms with E-state index in [9.17, 15) is 18.0 Å². The Kier molecular flexibility index (Phi) is 4.34. The minimum absolute atomic E-state index is 0.0859. The quantitative estimate of drug-likeness (QED) is 0.847. The smallest absolute Gasteiger partial charge is 0.307 e. The summed E-state index contributed by atoms with van der Waals surface area (Å²) in [6.45, 7) is 0. The zero-order valence-corrected chi connectivity index (χ0v) is 8.37. The number of carbonyl (C=O) groups is 1. The highest BCUT2D eigenvalue weighted by molar-refractivity contribution is 5.70. The molecule has 0 heterocycles. The molecule has 0 bridgehead atoms. The van der Waals surface area contributed by atoms with Gasteiger partial charge in [0.1, 0.15) is 5.82 Å². The standard InChI is InChI=1S/C11H11F3O2/c12-9-3-1-2-7(5-9)4-8(11(15)16)6-10(13)14/h1-3,5,8,10H,4,6H2,(H,15,16). The van der Waals surface area contributed by atoms with Crippen molar-refractivity contribution in [2.24, 2.45) is 5.92 Å². The van der Waals surface area contributed by atoms with Gasteiger partial charge in [-0.15, -0.1) is 0 Å². The predicted molar refractivity (Wildman–Crippen MR) is 51.9 cm³/mol. The summed E-state index contributed by atoms with van der Waals surface area (Å²) in [6.07, 6.45) is -3.47. The van der Waals surface area contributed by atoms with Gasteiger partial charge in [0.05, 0.1) is 5.92 Å². The van der Waals surface area contributed by atoms with Crippen LogP contribution < -0.4 is 0 Å². The Morgan fingerprint density at radius 3 is 2.56 bits per heavy atom. The normalized spacial score (nSPS) is 12.8. The van der Waals surface area contributed by atoms with E-state index in [1.54, 1.807) is 0 Å². The topological polar surface area (TPSA) is 37.3 Å². The summed E-state index contributed by atoms with van der Waals surface area (Å²) in [5, 5.41) is 8.73. The lowest BCUT2D eigenvalue weighted by molar-refractivity contribution is -0.143. The molecule has 0 aliphatic heterocycles. The van der Waals surface area contributed by atoms with Crippen LogP contribution in [-0.4, -0.2) is 17.5 Å². The SMILES string of the molecule is O=C(O)C(Cc1cccc(F)c1)CC(F)F. The molecule has 2 nitrogen and oxygen atoms in total. The van der Waals surface area contributed by atoms with Crippen LogP contribution >= 0.6 is 0 Å². The highest BCUT2D eigenvalue weighted by Gasteiger charge is 2.22. The molecular formula is C11H11F3O2. The molecule has 16 heavy (non-hydrogen) atoms. The van der Waals surface area contributed by atoms with Crippen LogP contribution in [0.3, 0.4) is 0 Å². The second-order valence-electron chi connectivity index (χ2n) is 3.50. The Bertz CT molecular complexity index is 366. The van der Waals surface area contributed by atoms with Gasteiger partial charge in [0.25, 0.3) is 0 Å². The second kappa shape index (κ2) is 5.53. The molecule has 5 heteroatoms. The highest BCUT2D eigenvalue weighted by Crippen LogP contribution is 2.17. The van der Waals surface area contributed by atoms with Gasteiger partial charge < -0.3 is 5.11 Å². The van der Waals surface area contributed by atoms with E-state index in [1.165, 1.54) is 18.2 Å². The number of alkyl halides is 2. The fourth-order valence-electron chi connectivity index (χ4n) is 1.43. The van der Waals surface area contributed by atoms with Crippen molar-refractivity contribution in [2.45, 2.75) is 19.3 Å². The number of benzene rings is 1. The molecule has 1 aromatic rings. The summed E-state index contributed by atoms with van der Waals surface area (Å²) < 4.78 is 37.0. The number of carboxylic acids is 1. The molecule has 0 fully saturated rings. The molecule has 0 radical (unpaired) electrons. The molecule has 88 valence electrons. The van der Waals surface area contributed by atoms with Crippen LogP contribution in [0.1, 0.15) is 12.0 Å². The van der Waals surface area contributed by atoms with E-state index >= 15 is 0 Å². The van der Waals surface area contributed by atoms with Crippen molar-refractivity contribution in [1.29, 1.82) is 0 Å². The van der Waals surface area contributed by atoms with E-state index in [0.29, 0.717) is 5.56 Å². The van der Waals surface area contributed by atoms with Crippen molar-refractivity contribution in [2.75, 3.05) is 0 Å². The fraction of sp³-hybridized carbons (Fsp3) is 0.364. The zero-order valence-electron chi connectivity index (χ0n) is 8.37. The fourth-order valence-corrected chi connectivity index (χ4v) is 1.43. The number of hydrogen-bond acceptors (Lipinski definition) is 1. The predicted octanol–water partition coefficient (Wildman–Crippen LogP) is 2.72. The van der Waals surface area contributed by atoms with Crippen LogP contribution in [0, 0.1) is 11.7 Å². The van der Waals surface area contributed by atoms with Crippen LogP contribution in [0.25, 0.3) is 0 Å². The molecule has 1 aromatic carbocycles. The lowest BCUT2D eigenvalue weighted by Gasteiger charge is -2.11. The highest BCUT2D eigenvalue weighted by atomic mass is 19.3. The second-order valence-corrected chi connectivity index (χ2v) is 3.50. The third kappa shape index (κ3) is 3.92. The lowest BCUT2D eigenvalue weighted by atomic mass is 9.96. The Labute approximate surface area is 90.7 Å². The van der Waals surface area contributed by atoms with E-state index in [1.807, 2.05) is 0 Å². The average Bonchev–Trinajstić information content (AvgIpc) is 2.15. The first-order chi connectivity index (χ1) is 7.49. The maximum Gasteiger partial charge on any atom is 0.307 e. The zero-order chi connectivity index (χ0) is 12.1. The van der Waals surface area contributed by atoms with Gasteiger partial charge in [-0.25, -0.2) is 13.2 Å². The third-order valence-corrected chi connectivity index (χ3v) is 2.18. The lowest BCUT2D eigenvalue weighted by Crippen LogP contribution is -2.19. The van der Waals surface area contributed by atoms with Gasteiger partial charge in [-0.1, -0.05) is 12.1 Å². The maximum absolute atomic E-state index is 12.8. The van der Waals surface area contributed by atoms with Gasteiger partial charge in [0, 0.05) is 6.42 Å². The summed E-state index contributed by atoms with van der Waals surface area (Å²) in [6, 6.07) is 5.31. The first kappa shape index (κ1) is 12.5. The molecule has 0 aromatic heterocycles. The monoisotopic (exact) mass is 232 g/mol. The molecule has 0 saturated carbocycles. The molecule has 1 rings (SSSR count). The molecular weight excluding hydrogens is 221 g/mol. The number of halogens is 3. The van der Waals surface area contributed by atoms with Crippen molar-refractivity contribution in [1.82, 2.24) is 0 Å². The molecule has 0 aliphatic rings. The van der Waals surface area contributed by atoms with Crippen LogP contribution in [0.2, 0.25) is 0 Å². The van der Waals surface area contributed by atoms with Gasteiger partial charge >= 0.3 is 5.97 Å². The Balaban J connectivity index is 2.71. The van der Waals surface area contributed by atoms with Crippen molar-refractivity contribution in [3.05, 3.63) is 35.6 Å². The van der Waals surface area contributed by atoms with Crippen LogP contribution in [0.15, 0.2) is 24.3 Å². The van der Waals surface area contributed by atoms with E-state index in [2.05, 4.69) is 0 Å². The average molecular weight is 232 g/mol. The number of rotatable bonds is 5. The van der Waals surface area contributed by atoms with Crippen LogP contribution in [0.5, 0.6) is 0 Å². The minimum Gasteiger partial charge on any atom is -0.481 e. The summed E-state index contributed by atoms with van der Waals surface area (Å²) in [5.74, 6) is -2.97. The van der Waals surface area contributed by atoms with Gasteiger partial charge in [-0.05, 0) is 24.1 Å². The third-order valence-electron chi connectivity index (χ3n) is 2.18. The Morgan fingerprint density at radius 1 is 1.38 bits per heavy atom.